The lowest BCUT2D eigenvalue weighted by Crippen LogP contribution is -2.37. The molecule has 2 aliphatic rings. The number of anilines is 1. The topological polar surface area (TPSA) is 49.9 Å². The molecule has 0 aromatic heterocycles. The minimum atomic E-state index is -4.54. The highest BCUT2D eigenvalue weighted by atomic mass is 19.4. The molecule has 0 saturated carbocycles. The molecule has 0 radical (unpaired) electrons. The first-order valence-corrected chi connectivity index (χ1v) is 10.4. The second-order valence-corrected chi connectivity index (χ2v) is 8.03. The van der Waals surface area contributed by atoms with Gasteiger partial charge < -0.3 is 0 Å². The van der Waals surface area contributed by atoms with E-state index in [-0.39, 0.29) is 12.1 Å². The Labute approximate surface area is 187 Å². The van der Waals surface area contributed by atoms with Gasteiger partial charge in [0.15, 0.2) is 6.10 Å². The van der Waals surface area contributed by atoms with Crippen molar-refractivity contribution in [3.63, 3.8) is 0 Å². The number of hydroxylamine groups is 1. The summed E-state index contributed by atoms with van der Waals surface area (Å²) in [7, 11) is 0. The average Bonchev–Trinajstić information content (AvgIpc) is 3.32. The van der Waals surface area contributed by atoms with Gasteiger partial charge in [-0.2, -0.15) is 13.2 Å². The standard InChI is InChI=1S/C25H19F3N2O3/c26-25(27,28)18-11-7-10-17(14-18)21-20-22(33-30(21)19-12-5-2-6-13-19)24(32)29(23(20)31)15-16-8-3-1-4-9-16/h1-14,20-22H,15H2/t20-,21+,22+/m0/s1. The Morgan fingerprint density at radius 1 is 0.818 bits per heavy atom. The molecule has 0 N–H and O–H groups in total. The lowest BCUT2D eigenvalue weighted by molar-refractivity contribution is -0.143. The highest BCUT2D eigenvalue weighted by Crippen LogP contribution is 2.47. The van der Waals surface area contributed by atoms with Gasteiger partial charge in [-0.1, -0.05) is 60.7 Å². The summed E-state index contributed by atoms with van der Waals surface area (Å²) in [5.74, 6) is -1.93. The molecule has 5 rings (SSSR count). The van der Waals surface area contributed by atoms with E-state index in [9.17, 15) is 22.8 Å². The molecule has 0 aliphatic carbocycles. The molecule has 2 fully saturated rings. The Balaban J connectivity index is 1.55. The molecular formula is C25H19F3N2O3. The molecule has 168 valence electrons. The molecule has 0 spiro atoms. The van der Waals surface area contributed by atoms with Crippen LogP contribution in [0.15, 0.2) is 84.9 Å². The Morgan fingerprint density at radius 2 is 1.48 bits per heavy atom. The van der Waals surface area contributed by atoms with Crippen LogP contribution in [0.25, 0.3) is 0 Å². The summed E-state index contributed by atoms with van der Waals surface area (Å²) in [5, 5.41) is 1.39. The van der Waals surface area contributed by atoms with Gasteiger partial charge in [-0.25, -0.2) is 5.06 Å². The number of para-hydroxylation sites is 1. The van der Waals surface area contributed by atoms with Crippen LogP contribution in [0.2, 0.25) is 0 Å². The summed E-state index contributed by atoms with van der Waals surface area (Å²) in [4.78, 5) is 33.7. The number of benzene rings is 3. The van der Waals surface area contributed by atoms with Gasteiger partial charge in [0.1, 0.15) is 5.92 Å². The zero-order valence-corrected chi connectivity index (χ0v) is 17.3. The number of carbonyl (C=O) groups is 2. The zero-order valence-electron chi connectivity index (χ0n) is 17.3. The third-order valence-electron chi connectivity index (χ3n) is 5.96. The molecule has 0 unspecified atom stereocenters. The van der Waals surface area contributed by atoms with Gasteiger partial charge in [-0.05, 0) is 35.4 Å². The van der Waals surface area contributed by atoms with E-state index in [2.05, 4.69) is 0 Å². The number of carbonyl (C=O) groups excluding carboxylic acids is 2. The highest BCUT2D eigenvalue weighted by Gasteiger charge is 2.59. The van der Waals surface area contributed by atoms with Crippen LogP contribution in [0.4, 0.5) is 18.9 Å². The lowest BCUT2D eigenvalue weighted by atomic mass is 9.89. The molecule has 2 amide bonds. The zero-order chi connectivity index (χ0) is 23.2. The minimum Gasteiger partial charge on any atom is -0.275 e. The van der Waals surface area contributed by atoms with Gasteiger partial charge in [0, 0.05) is 0 Å². The number of halogens is 3. The Kier molecular flexibility index (Phi) is 5.17. The third-order valence-corrected chi connectivity index (χ3v) is 5.96. The van der Waals surface area contributed by atoms with Gasteiger partial charge in [-0.3, -0.25) is 19.3 Å². The summed E-state index contributed by atoms with van der Waals surface area (Å²) in [6.45, 7) is 0.0789. The van der Waals surface area contributed by atoms with Crippen LogP contribution in [0.1, 0.15) is 22.7 Å². The van der Waals surface area contributed by atoms with Crippen LogP contribution >= 0.6 is 0 Å². The predicted molar refractivity (Wildman–Crippen MR) is 113 cm³/mol. The van der Waals surface area contributed by atoms with E-state index in [4.69, 9.17) is 4.84 Å². The monoisotopic (exact) mass is 452 g/mol. The Bertz CT molecular complexity index is 1180. The number of nitrogens with zero attached hydrogens (tertiary/aromatic N) is 2. The van der Waals surface area contributed by atoms with Gasteiger partial charge >= 0.3 is 6.18 Å². The SMILES string of the molecule is O=C1[C@H]2[C@@H](c3cccc(C(F)(F)F)c3)N(c3ccccc3)O[C@H]2C(=O)N1Cc1ccccc1. The summed E-state index contributed by atoms with van der Waals surface area (Å²) >= 11 is 0. The fourth-order valence-corrected chi connectivity index (χ4v) is 4.43. The average molecular weight is 452 g/mol. The van der Waals surface area contributed by atoms with Crippen molar-refractivity contribution >= 4 is 17.5 Å². The molecule has 3 atom stereocenters. The van der Waals surface area contributed by atoms with Crippen molar-refractivity contribution in [2.45, 2.75) is 24.9 Å². The Hall–Kier alpha value is -3.65. The molecular weight excluding hydrogens is 433 g/mol. The number of fused-ring (bicyclic) bond motifs is 1. The minimum absolute atomic E-state index is 0.0789. The van der Waals surface area contributed by atoms with E-state index in [1.54, 1.807) is 54.6 Å². The second-order valence-electron chi connectivity index (χ2n) is 8.03. The van der Waals surface area contributed by atoms with Gasteiger partial charge in [-0.15, -0.1) is 0 Å². The van der Waals surface area contributed by atoms with Crippen LogP contribution in [-0.4, -0.2) is 22.8 Å². The molecule has 3 aromatic carbocycles. The van der Waals surface area contributed by atoms with Crippen molar-refractivity contribution in [2.24, 2.45) is 5.92 Å². The van der Waals surface area contributed by atoms with E-state index in [1.807, 2.05) is 6.07 Å². The molecule has 2 heterocycles. The maximum Gasteiger partial charge on any atom is 0.416 e. The van der Waals surface area contributed by atoms with Gasteiger partial charge in [0.2, 0.25) is 5.91 Å². The first-order valence-electron chi connectivity index (χ1n) is 10.4. The van der Waals surface area contributed by atoms with Gasteiger partial charge in [0.25, 0.3) is 5.91 Å². The fraction of sp³-hybridized carbons (Fsp3) is 0.200. The smallest absolute Gasteiger partial charge is 0.275 e. The fourth-order valence-electron chi connectivity index (χ4n) is 4.43. The predicted octanol–water partition coefficient (Wildman–Crippen LogP) is 4.75. The number of imide groups is 1. The van der Waals surface area contributed by atoms with Crippen LogP contribution in [-0.2, 0) is 27.1 Å². The molecule has 33 heavy (non-hydrogen) atoms. The number of hydrogen-bond acceptors (Lipinski definition) is 4. The first-order chi connectivity index (χ1) is 15.8. The van der Waals surface area contributed by atoms with Crippen molar-refractivity contribution < 1.29 is 27.6 Å². The van der Waals surface area contributed by atoms with Crippen molar-refractivity contribution in [3.05, 3.63) is 102 Å². The lowest BCUT2D eigenvalue weighted by Gasteiger charge is -2.29. The molecule has 0 bridgehead atoms. The van der Waals surface area contributed by atoms with Crippen molar-refractivity contribution in [2.75, 3.05) is 5.06 Å². The van der Waals surface area contributed by atoms with Crippen LogP contribution in [0, 0.1) is 5.92 Å². The van der Waals surface area contributed by atoms with E-state index in [0.29, 0.717) is 5.69 Å². The molecule has 8 heteroatoms. The van der Waals surface area contributed by atoms with E-state index in [1.165, 1.54) is 17.2 Å². The van der Waals surface area contributed by atoms with E-state index in [0.717, 1.165) is 22.6 Å². The quantitative estimate of drug-likeness (QED) is 0.536. The summed E-state index contributed by atoms with van der Waals surface area (Å²) in [6, 6.07) is 21.7. The van der Waals surface area contributed by atoms with Crippen LogP contribution in [0.3, 0.4) is 0 Å². The van der Waals surface area contributed by atoms with Crippen molar-refractivity contribution in [3.8, 4) is 0 Å². The summed E-state index contributed by atoms with van der Waals surface area (Å²) < 4.78 is 40.2. The Morgan fingerprint density at radius 3 is 2.15 bits per heavy atom. The van der Waals surface area contributed by atoms with E-state index >= 15 is 0 Å². The number of amides is 2. The summed E-state index contributed by atoms with van der Waals surface area (Å²) in [6.07, 6.45) is -5.65. The molecule has 5 nitrogen and oxygen atoms in total. The maximum atomic E-state index is 13.4. The van der Waals surface area contributed by atoms with Crippen molar-refractivity contribution in [1.29, 1.82) is 0 Å². The molecule has 2 aliphatic heterocycles. The maximum absolute atomic E-state index is 13.4. The normalized spacial score (nSPS) is 22.7. The highest BCUT2D eigenvalue weighted by molar-refractivity contribution is 6.07. The number of likely N-dealkylation sites (tertiary alicyclic amines) is 1. The number of alkyl halides is 3. The largest absolute Gasteiger partial charge is 0.416 e. The van der Waals surface area contributed by atoms with Gasteiger partial charge in [0.05, 0.1) is 23.8 Å². The number of hydrogen-bond donors (Lipinski definition) is 0. The first kappa shape index (κ1) is 21.2. The van der Waals surface area contributed by atoms with E-state index < -0.39 is 41.6 Å². The van der Waals surface area contributed by atoms with Crippen molar-refractivity contribution in [1.82, 2.24) is 4.90 Å². The van der Waals surface area contributed by atoms with Crippen LogP contribution < -0.4 is 5.06 Å². The van der Waals surface area contributed by atoms with Crippen LogP contribution in [0.5, 0.6) is 0 Å². The number of rotatable bonds is 4. The molecule has 2 saturated heterocycles. The second kappa shape index (κ2) is 8.04. The molecule has 3 aromatic rings. The summed E-state index contributed by atoms with van der Waals surface area (Å²) in [5.41, 5.74) is 0.748. The third kappa shape index (κ3) is 3.76.